The van der Waals surface area contributed by atoms with E-state index in [0.717, 1.165) is 33.0 Å². The molecule has 186 valence electrons. The topological polar surface area (TPSA) is 95.8 Å². The Morgan fingerprint density at radius 2 is 0.794 bits per heavy atom. The SMILES string of the molecule is OCCOCCOCCOc1ccc2cc3cc(OCCOCCOCCO)ccc3cc2c1. The number of rotatable bonds is 18. The van der Waals surface area contributed by atoms with Crippen LogP contribution in [0.3, 0.4) is 0 Å². The van der Waals surface area contributed by atoms with Crippen molar-refractivity contribution in [1.82, 2.24) is 0 Å². The Labute approximate surface area is 199 Å². The van der Waals surface area contributed by atoms with E-state index in [0.29, 0.717) is 66.1 Å². The van der Waals surface area contributed by atoms with E-state index >= 15 is 0 Å². The van der Waals surface area contributed by atoms with Crippen LogP contribution in [0.25, 0.3) is 21.5 Å². The zero-order chi connectivity index (χ0) is 23.8. The Balaban J connectivity index is 1.45. The molecule has 2 N–H and O–H groups in total. The van der Waals surface area contributed by atoms with Crippen molar-refractivity contribution in [3.63, 3.8) is 0 Å². The zero-order valence-corrected chi connectivity index (χ0v) is 19.4. The second kappa shape index (κ2) is 15.4. The van der Waals surface area contributed by atoms with Gasteiger partial charge in [0, 0.05) is 0 Å². The van der Waals surface area contributed by atoms with Crippen LogP contribution in [-0.2, 0) is 18.9 Å². The summed E-state index contributed by atoms with van der Waals surface area (Å²) in [7, 11) is 0. The van der Waals surface area contributed by atoms with Gasteiger partial charge in [-0.3, -0.25) is 0 Å². The third-order valence-electron chi connectivity index (χ3n) is 4.95. The summed E-state index contributed by atoms with van der Waals surface area (Å²) in [5.74, 6) is 1.60. The van der Waals surface area contributed by atoms with Crippen LogP contribution in [0.2, 0.25) is 0 Å². The quantitative estimate of drug-likeness (QED) is 0.215. The molecular formula is C26H34O8. The first-order chi connectivity index (χ1) is 16.8. The molecule has 8 heteroatoms. The molecule has 0 saturated carbocycles. The predicted molar refractivity (Wildman–Crippen MR) is 130 cm³/mol. The van der Waals surface area contributed by atoms with Crippen molar-refractivity contribution < 1.29 is 38.6 Å². The zero-order valence-electron chi connectivity index (χ0n) is 19.4. The molecule has 0 amide bonds. The predicted octanol–water partition coefficient (Wildman–Crippen LogP) is 2.80. The van der Waals surface area contributed by atoms with Gasteiger partial charge >= 0.3 is 0 Å². The number of ether oxygens (including phenoxy) is 6. The van der Waals surface area contributed by atoms with Crippen LogP contribution in [0.5, 0.6) is 11.5 Å². The average molecular weight is 475 g/mol. The number of fused-ring (bicyclic) bond motifs is 2. The number of aliphatic hydroxyl groups is 2. The van der Waals surface area contributed by atoms with E-state index in [1.54, 1.807) is 0 Å². The van der Waals surface area contributed by atoms with Crippen molar-refractivity contribution in [2.45, 2.75) is 0 Å². The molecule has 3 rings (SSSR count). The van der Waals surface area contributed by atoms with Crippen LogP contribution >= 0.6 is 0 Å². The van der Waals surface area contributed by atoms with Crippen LogP contribution in [0.15, 0.2) is 48.5 Å². The average Bonchev–Trinajstić information content (AvgIpc) is 2.86. The summed E-state index contributed by atoms with van der Waals surface area (Å²) in [6.45, 7) is 4.46. The molecule has 0 bridgehead atoms. The third kappa shape index (κ3) is 9.06. The van der Waals surface area contributed by atoms with Crippen LogP contribution in [0.1, 0.15) is 0 Å². The maximum atomic E-state index is 8.65. The summed E-state index contributed by atoms with van der Waals surface area (Å²) in [5, 5.41) is 21.8. The standard InChI is InChI=1S/C26H34O8/c27-5-7-29-9-11-31-13-15-33-25-3-1-21-17-24-20-26(4-2-22(24)18-23(21)19-25)34-16-14-32-12-10-30-8-6-28/h1-4,17-20,27-28H,5-16H2. The number of benzene rings is 3. The fraction of sp³-hybridized carbons (Fsp3) is 0.462. The Morgan fingerprint density at radius 1 is 0.412 bits per heavy atom. The summed E-state index contributed by atoms with van der Waals surface area (Å²) in [4.78, 5) is 0. The number of aliphatic hydroxyl groups excluding tert-OH is 2. The van der Waals surface area contributed by atoms with Gasteiger partial charge in [0.25, 0.3) is 0 Å². The molecule has 0 heterocycles. The van der Waals surface area contributed by atoms with Gasteiger partial charge in [-0.05, 0) is 57.9 Å². The summed E-state index contributed by atoms with van der Waals surface area (Å²) in [6, 6.07) is 16.4. The lowest BCUT2D eigenvalue weighted by Gasteiger charge is -2.10. The van der Waals surface area contributed by atoms with E-state index in [-0.39, 0.29) is 13.2 Å². The monoisotopic (exact) mass is 474 g/mol. The van der Waals surface area contributed by atoms with Gasteiger partial charge in [0.15, 0.2) is 0 Å². The van der Waals surface area contributed by atoms with Crippen molar-refractivity contribution in [2.75, 3.05) is 79.3 Å². The van der Waals surface area contributed by atoms with Crippen LogP contribution in [-0.4, -0.2) is 89.5 Å². The summed E-state index contributed by atoms with van der Waals surface area (Å²) >= 11 is 0. The van der Waals surface area contributed by atoms with Crippen LogP contribution < -0.4 is 9.47 Å². The molecule has 3 aromatic rings. The highest BCUT2D eigenvalue weighted by Crippen LogP contribution is 2.28. The molecule has 8 nitrogen and oxygen atoms in total. The molecule has 0 saturated heterocycles. The van der Waals surface area contributed by atoms with E-state index in [1.165, 1.54) is 0 Å². The minimum atomic E-state index is 0.0228. The third-order valence-corrected chi connectivity index (χ3v) is 4.95. The van der Waals surface area contributed by atoms with Crippen molar-refractivity contribution in [1.29, 1.82) is 0 Å². The lowest BCUT2D eigenvalue weighted by Crippen LogP contribution is -2.12. The van der Waals surface area contributed by atoms with Gasteiger partial charge in [-0.25, -0.2) is 0 Å². The Bertz CT molecular complexity index is 898. The van der Waals surface area contributed by atoms with Gasteiger partial charge < -0.3 is 38.6 Å². The molecule has 3 aromatic carbocycles. The molecule has 0 fully saturated rings. The first-order valence-electron chi connectivity index (χ1n) is 11.6. The minimum Gasteiger partial charge on any atom is -0.491 e. The van der Waals surface area contributed by atoms with Gasteiger partial charge in [-0.2, -0.15) is 0 Å². The highest BCUT2D eigenvalue weighted by molar-refractivity contribution is 5.99. The highest BCUT2D eigenvalue weighted by Gasteiger charge is 2.03. The molecule has 0 aliphatic carbocycles. The van der Waals surface area contributed by atoms with E-state index < -0.39 is 0 Å². The second-order valence-corrected chi connectivity index (χ2v) is 7.46. The van der Waals surface area contributed by atoms with Gasteiger partial charge in [-0.15, -0.1) is 0 Å². The molecule has 34 heavy (non-hydrogen) atoms. The largest absolute Gasteiger partial charge is 0.491 e. The number of hydrogen-bond acceptors (Lipinski definition) is 8. The maximum absolute atomic E-state index is 8.65. The Hall–Kier alpha value is -2.46. The summed E-state index contributed by atoms with van der Waals surface area (Å²) in [6.07, 6.45) is 0. The normalized spacial score (nSPS) is 11.4. The summed E-state index contributed by atoms with van der Waals surface area (Å²) in [5.41, 5.74) is 0. The first kappa shape index (κ1) is 26.2. The maximum Gasteiger partial charge on any atom is 0.120 e. The fourth-order valence-corrected chi connectivity index (χ4v) is 3.34. The smallest absolute Gasteiger partial charge is 0.120 e. The Morgan fingerprint density at radius 3 is 1.21 bits per heavy atom. The van der Waals surface area contributed by atoms with Crippen molar-refractivity contribution in [2.24, 2.45) is 0 Å². The van der Waals surface area contributed by atoms with E-state index in [9.17, 15) is 0 Å². The molecule has 0 aliphatic rings. The molecule has 0 spiro atoms. The van der Waals surface area contributed by atoms with E-state index in [2.05, 4.69) is 12.1 Å². The fourth-order valence-electron chi connectivity index (χ4n) is 3.34. The molecule has 0 radical (unpaired) electrons. The minimum absolute atomic E-state index is 0.0228. The van der Waals surface area contributed by atoms with Crippen LogP contribution in [0, 0.1) is 0 Å². The van der Waals surface area contributed by atoms with Crippen molar-refractivity contribution in [3.05, 3.63) is 48.5 Å². The molecule has 0 unspecified atom stereocenters. The van der Waals surface area contributed by atoms with E-state index in [1.807, 2.05) is 36.4 Å². The van der Waals surface area contributed by atoms with Gasteiger partial charge in [-0.1, -0.05) is 12.1 Å². The van der Waals surface area contributed by atoms with Gasteiger partial charge in [0.2, 0.25) is 0 Å². The molecule has 0 aliphatic heterocycles. The highest BCUT2D eigenvalue weighted by atomic mass is 16.6. The van der Waals surface area contributed by atoms with Gasteiger partial charge in [0.05, 0.1) is 66.1 Å². The van der Waals surface area contributed by atoms with E-state index in [4.69, 9.17) is 38.6 Å². The lowest BCUT2D eigenvalue weighted by molar-refractivity contribution is 0.0247. The molecule has 0 atom stereocenters. The van der Waals surface area contributed by atoms with Crippen LogP contribution in [0.4, 0.5) is 0 Å². The second-order valence-electron chi connectivity index (χ2n) is 7.46. The molecule has 0 aromatic heterocycles. The summed E-state index contributed by atoms with van der Waals surface area (Å²) < 4.78 is 32.8. The number of hydrogen-bond donors (Lipinski definition) is 2. The van der Waals surface area contributed by atoms with Crippen molar-refractivity contribution >= 4 is 21.5 Å². The van der Waals surface area contributed by atoms with Crippen molar-refractivity contribution in [3.8, 4) is 11.5 Å². The molecular weight excluding hydrogens is 440 g/mol. The Kier molecular flexibility index (Phi) is 11.9. The van der Waals surface area contributed by atoms with Gasteiger partial charge in [0.1, 0.15) is 24.7 Å². The lowest BCUT2D eigenvalue weighted by atomic mass is 10.0. The first-order valence-corrected chi connectivity index (χ1v) is 11.6.